The van der Waals surface area contributed by atoms with Crippen LogP contribution in [-0.2, 0) is 0 Å². The Hall–Kier alpha value is -1.62. The molecule has 0 atom stereocenters. The molecule has 0 amide bonds. The van der Waals surface area contributed by atoms with Crippen LogP contribution >= 0.6 is 15.9 Å². The lowest BCUT2D eigenvalue weighted by molar-refractivity contribution is 0.152. The molecule has 0 aromatic heterocycles. The van der Waals surface area contributed by atoms with Gasteiger partial charge in [-0.15, -0.1) is 0 Å². The lowest BCUT2D eigenvalue weighted by Gasteiger charge is -2.14. The van der Waals surface area contributed by atoms with Gasteiger partial charge in [0, 0.05) is 21.4 Å². The topological polar surface area (TPSA) is 38.0 Å². The monoisotopic (exact) mass is 326 g/mol. The molecule has 0 unspecified atom stereocenters. The Bertz CT molecular complexity index is 600. The first-order valence-corrected chi connectivity index (χ1v) is 6.47. The van der Waals surface area contributed by atoms with Gasteiger partial charge in [0.05, 0.1) is 5.69 Å². The fourth-order valence-electron chi connectivity index (χ4n) is 1.74. The first kappa shape index (κ1) is 13.8. The van der Waals surface area contributed by atoms with Gasteiger partial charge in [-0.1, -0.05) is 6.07 Å². The van der Waals surface area contributed by atoms with Crippen molar-refractivity contribution in [1.29, 1.82) is 0 Å². The van der Waals surface area contributed by atoms with Crippen LogP contribution in [0.4, 0.5) is 25.8 Å². The van der Waals surface area contributed by atoms with Gasteiger partial charge in [-0.25, -0.2) is 8.78 Å². The largest absolute Gasteiger partial charge is 0.399 e. The van der Waals surface area contributed by atoms with Gasteiger partial charge in [0.15, 0.2) is 0 Å². The van der Waals surface area contributed by atoms with Gasteiger partial charge in [-0.05, 0) is 58.7 Å². The molecule has 0 saturated carbocycles. The van der Waals surface area contributed by atoms with Crippen molar-refractivity contribution in [3.63, 3.8) is 0 Å². The summed E-state index contributed by atoms with van der Waals surface area (Å²) in [5, 5.41) is 2.99. The predicted octanol–water partition coefficient (Wildman–Crippen LogP) is 5.02. The number of anilines is 3. The third-order valence-electron chi connectivity index (χ3n) is 2.70. The Labute approximate surface area is 118 Å². The van der Waals surface area contributed by atoms with Crippen molar-refractivity contribution >= 4 is 33.0 Å². The van der Waals surface area contributed by atoms with Crippen LogP contribution in [0.25, 0.3) is 0 Å². The van der Waals surface area contributed by atoms with Gasteiger partial charge < -0.3 is 11.1 Å². The third kappa shape index (κ3) is 3.23. The highest BCUT2D eigenvalue weighted by molar-refractivity contribution is 9.10. The maximum atomic E-state index is 13.0. The van der Waals surface area contributed by atoms with E-state index in [1.807, 2.05) is 25.1 Å². The molecule has 0 fully saturated rings. The number of aryl methyl sites for hydroxylation is 1. The Balaban J connectivity index is 2.38. The fourth-order valence-corrected chi connectivity index (χ4v) is 2.33. The molecule has 2 aromatic rings. The molecule has 2 aromatic carbocycles. The molecule has 2 nitrogen and oxygen atoms in total. The van der Waals surface area contributed by atoms with E-state index in [1.165, 1.54) is 6.07 Å². The van der Waals surface area contributed by atoms with Crippen molar-refractivity contribution in [3.05, 3.63) is 52.0 Å². The Morgan fingerprint density at radius 1 is 1.11 bits per heavy atom. The molecule has 0 heterocycles. The normalized spacial score (nSPS) is 10.8. The van der Waals surface area contributed by atoms with Gasteiger partial charge in [0.1, 0.15) is 0 Å². The number of rotatable bonds is 3. The van der Waals surface area contributed by atoms with Gasteiger partial charge in [-0.2, -0.15) is 0 Å². The molecule has 5 heteroatoms. The molecule has 19 heavy (non-hydrogen) atoms. The molecule has 0 bridgehead atoms. The number of halogens is 3. The zero-order valence-electron chi connectivity index (χ0n) is 10.3. The minimum absolute atomic E-state index is 0.104. The smallest absolute Gasteiger partial charge is 0.265 e. The van der Waals surface area contributed by atoms with Crippen LogP contribution in [0.5, 0.6) is 0 Å². The number of hydrogen-bond acceptors (Lipinski definition) is 2. The van der Waals surface area contributed by atoms with E-state index in [0.717, 1.165) is 15.7 Å². The first-order chi connectivity index (χ1) is 8.97. The van der Waals surface area contributed by atoms with Gasteiger partial charge in [-0.3, -0.25) is 0 Å². The SMILES string of the molecule is Cc1ccc(Nc2ccc(N)cc2C(F)F)c(Br)c1. The highest BCUT2D eigenvalue weighted by Gasteiger charge is 2.14. The molecule has 0 aliphatic heterocycles. The van der Waals surface area contributed by atoms with Crippen molar-refractivity contribution in [2.24, 2.45) is 0 Å². The molecule has 0 aliphatic carbocycles. The number of nitrogen functional groups attached to an aromatic ring is 1. The number of hydrogen-bond donors (Lipinski definition) is 2. The van der Waals surface area contributed by atoms with Gasteiger partial charge >= 0.3 is 0 Å². The van der Waals surface area contributed by atoms with E-state index in [0.29, 0.717) is 11.4 Å². The van der Waals surface area contributed by atoms with E-state index >= 15 is 0 Å². The molecule has 2 rings (SSSR count). The molecule has 0 saturated heterocycles. The number of nitrogens with one attached hydrogen (secondary N) is 1. The zero-order valence-corrected chi connectivity index (χ0v) is 11.8. The van der Waals surface area contributed by atoms with E-state index in [4.69, 9.17) is 5.73 Å². The lowest BCUT2D eigenvalue weighted by Crippen LogP contribution is -1.99. The van der Waals surface area contributed by atoms with Crippen LogP contribution in [0.15, 0.2) is 40.9 Å². The first-order valence-electron chi connectivity index (χ1n) is 5.68. The summed E-state index contributed by atoms with van der Waals surface area (Å²) in [6.45, 7) is 1.96. The quantitative estimate of drug-likeness (QED) is 0.777. The zero-order chi connectivity index (χ0) is 14.0. The van der Waals surface area contributed by atoms with Crippen molar-refractivity contribution < 1.29 is 8.78 Å². The van der Waals surface area contributed by atoms with Crippen molar-refractivity contribution in [2.75, 3.05) is 11.1 Å². The summed E-state index contributed by atoms with van der Waals surface area (Å²) in [5.74, 6) is 0. The van der Waals surface area contributed by atoms with Crippen LogP contribution < -0.4 is 11.1 Å². The molecule has 3 N–H and O–H groups in total. The second-order valence-electron chi connectivity index (χ2n) is 4.26. The molecule has 0 spiro atoms. The minimum atomic E-state index is -2.57. The average molecular weight is 327 g/mol. The lowest BCUT2D eigenvalue weighted by atomic mass is 10.1. The van der Waals surface area contributed by atoms with Crippen molar-refractivity contribution in [3.8, 4) is 0 Å². The molecular formula is C14H13BrF2N2. The Morgan fingerprint density at radius 3 is 2.42 bits per heavy atom. The van der Waals surface area contributed by atoms with E-state index in [-0.39, 0.29) is 5.56 Å². The summed E-state index contributed by atoms with van der Waals surface area (Å²) in [4.78, 5) is 0. The summed E-state index contributed by atoms with van der Waals surface area (Å²) < 4.78 is 26.8. The summed E-state index contributed by atoms with van der Waals surface area (Å²) >= 11 is 3.41. The van der Waals surface area contributed by atoms with E-state index in [2.05, 4.69) is 21.2 Å². The summed E-state index contributed by atoms with van der Waals surface area (Å²) in [7, 11) is 0. The average Bonchev–Trinajstić information content (AvgIpc) is 2.34. The van der Waals surface area contributed by atoms with Crippen molar-refractivity contribution in [2.45, 2.75) is 13.3 Å². The minimum Gasteiger partial charge on any atom is -0.399 e. The standard InChI is InChI=1S/C14H13BrF2N2/c1-8-2-4-13(11(15)6-8)19-12-5-3-9(18)7-10(12)14(16)17/h2-7,14,19H,18H2,1H3. The fraction of sp³-hybridized carbons (Fsp3) is 0.143. The maximum Gasteiger partial charge on any atom is 0.265 e. The van der Waals surface area contributed by atoms with Crippen LogP contribution in [0.3, 0.4) is 0 Å². The highest BCUT2D eigenvalue weighted by atomic mass is 79.9. The predicted molar refractivity (Wildman–Crippen MR) is 78.0 cm³/mol. The number of alkyl halides is 2. The Kier molecular flexibility index (Phi) is 4.04. The molecule has 0 aliphatic rings. The van der Waals surface area contributed by atoms with Crippen LogP contribution in [0.1, 0.15) is 17.6 Å². The third-order valence-corrected chi connectivity index (χ3v) is 3.36. The van der Waals surface area contributed by atoms with Gasteiger partial charge in [0.2, 0.25) is 0 Å². The highest BCUT2D eigenvalue weighted by Crippen LogP contribution is 2.33. The Morgan fingerprint density at radius 2 is 1.79 bits per heavy atom. The second-order valence-corrected chi connectivity index (χ2v) is 5.11. The molecule has 0 radical (unpaired) electrons. The number of benzene rings is 2. The molecular weight excluding hydrogens is 314 g/mol. The maximum absolute atomic E-state index is 13.0. The molecule has 100 valence electrons. The van der Waals surface area contributed by atoms with E-state index in [1.54, 1.807) is 12.1 Å². The van der Waals surface area contributed by atoms with E-state index in [9.17, 15) is 8.78 Å². The van der Waals surface area contributed by atoms with Crippen LogP contribution in [-0.4, -0.2) is 0 Å². The summed E-state index contributed by atoms with van der Waals surface area (Å²) in [6.07, 6.45) is -2.57. The second kappa shape index (κ2) is 5.57. The van der Waals surface area contributed by atoms with Crippen molar-refractivity contribution in [1.82, 2.24) is 0 Å². The van der Waals surface area contributed by atoms with Crippen LogP contribution in [0, 0.1) is 6.92 Å². The van der Waals surface area contributed by atoms with E-state index < -0.39 is 6.43 Å². The number of nitrogens with two attached hydrogens (primary N) is 1. The summed E-state index contributed by atoms with van der Waals surface area (Å²) in [6, 6.07) is 10.1. The van der Waals surface area contributed by atoms with Crippen LogP contribution in [0.2, 0.25) is 0 Å². The summed E-state index contributed by atoms with van der Waals surface area (Å²) in [5.41, 5.74) is 7.93. The van der Waals surface area contributed by atoms with Gasteiger partial charge in [0.25, 0.3) is 6.43 Å².